The van der Waals surface area contributed by atoms with Gasteiger partial charge in [0.1, 0.15) is 0 Å². The molecule has 5 heteroatoms. The Morgan fingerprint density at radius 3 is 2.65 bits per heavy atom. The summed E-state index contributed by atoms with van der Waals surface area (Å²) in [6.07, 6.45) is -1.14. The molecule has 1 aliphatic heterocycles. The first-order chi connectivity index (χ1) is 9.58. The number of nitrogens with one attached hydrogen (secondary N) is 1. The molecule has 2 aromatic rings. The lowest BCUT2D eigenvalue weighted by molar-refractivity contribution is -0.123. The smallest absolute Gasteiger partial charge is 0.257 e. The number of anilines is 3. The van der Waals surface area contributed by atoms with E-state index >= 15 is 0 Å². The number of carbonyl (C=O) groups excluding carboxylic acids is 1. The van der Waals surface area contributed by atoms with Gasteiger partial charge in [0, 0.05) is 24.0 Å². The lowest BCUT2D eigenvalue weighted by Gasteiger charge is -2.21. The van der Waals surface area contributed by atoms with Gasteiger partial charge >= 0.3 is 0 Å². The van der Waals surface area contributed by atoms with Crippen molar-refractivity contribution >= 4 is 34.6 Å². The Bertz CT molecular complexity index is 673. The van der Waals surface area contributed by atoms with Crippen molar-refractivity contribution < 1.29 is 9.90 Å². The minimum absolute atomic E-state index is 0.421. The number of benzene rings is 2. The average Bonchev–Trinajstić information content (AvgIpc) is 2.74. The van der Waals surface area contributed by atoms with Crippen molar-refractivity contribution in [2.24, 2.45) is 0 Å². The fourth-order valence-electron chi connectivity index (χ4n) is 2.30. The molecule has 1 unspecified atom stereocenters. The molecule has 2 N–H and O–H groups in total. The Morgan fingerprint density at radius 1 is 1.25 bits per heavy atom. The zero-order valence-electron chi connectivity index (χ0n) is 10.8. The second-order valence-corrected chi connectivity index (χ2v) is 5.08. The van der Waals surface area contributed by atoms with Crippen molar-refractivity contribution in [1.82, 2.24) is 0 Å². The predicted octanol–water partition coefficient (Wildman–Crippen LogP) is 3.09. The quantitative estimate of drug-likeness (QED) is 0.893. The summed E-state index contributed by atoms with van der Waals surface area (Å²) in [6, 6.07) is 13.2. The fourth-order valence-corrected chi connectivity index (χ4v) is 2.60. The van der Waals surface area contributed by atoms with E-state index in [-0.39, 0.29) is 0 Å². The van der Waals surface area contributed by atoms with Crippen molar-refractivity contribution in [3.05, 3.63) is 53.1 Å². The predicted molar refractivity (Wildman–Crippen MR) is 79.5 cm³/mol. The van der Waals surface area contributed by atoms with Gasteiger partial charge in [0.25, 0.3) is 5.91 Å². The Balaban J connectivity index is 2.04. The number of aliphatic hydroxyl groups is 1. The molecular formula is C15H13ClN2O2. The molecule has 1 atom stereocenters. The van der Waals surface area contributed by atoms with Crippen molar-refractivity contribution in [3.8, 4) is 0 Å². The molecule has 20 heavy (non-hydrogen) atoms. The van der Waals surface area contributed by atoms with Crippen LogP contribution in [0.5, 0.6) is 0 Å². The number of para-hydroxylation sites is 1. The summed E-state index contributed by atoms with van der Waals surface area (Å²) in [5, 5.41) is 12.9. The van der Waals surface area contributed by atoms with Crippen LogP contribution in [0.2, 0.25) is 5.02 Å². The second-order valence-electron chi connectivity index (χ2n) is 4.68. The summed E-state index contributed by atoms with van der Waals surface area (Å²) in [6.45, 7) is 0. The van der Waals surface area contributed by atoms with E-state index in [4.69, 9.17) is 11.6 Å². The minimum atomic E-state index is -1.14. The molecule has 0 spiro atoms. The number of fused-ring (bicyclic) bond motifs is 1. The zero-order valence-corrected chi connectivity index (χ0v) is 11.6. The van der Waals surface area contributed by atoms with Gasteiger partial charge < -0.3 is 15.3 Å². The molecule has 1 aliphatic rings. The molecule has 102 valence electrons. The van der Waals surface area contributed by atoms with Crippen LogP contribution in [-0.4, -0.2) is 18.1 Å². The van der Waals surface area contributed by atoms with Crippen LogP contribution in [0.15, 0.2) is 42.5 Å². The van der Waals surface area contributed by atoms with Crippen LogP contribution in [0.25, 0.3) is 0 Å². The van der Waals surface area contributed by atoms with E-state index in [1.807, 2.05) is 42.3 Å². The van der Waals surface area contributed by atoms with E-state index in [0.717, 1.165) is 11.4 Å². The first-order valence-corrected chi connectivity index (χ1v) is 6.57. The largest absolute Gasteiger partial charge is 0.378 e. The van der Waals surface area contributed by atoms with Crippen molar-refractivity contribution in [2.45, 2.75) is 6.10 Å². The van der Waals surface area contributed by atoms with E-state index in [1.165, 1.54) is 0 Å². The standard InChI is InChI=1S/C15H13ClN2O2/c1-18(9-5-3-2-4-6-9)13-8-12-10(7-11(13)16)14(19)15(20)17-12/h2-8,14,19H,1H3,(H,17,20). The molecule has 0 fully saturated rings. The molecule has 4 nitrogen and oxygen atoms in total. The molecule has 0 bridgehead atoms. The maximum atomic E-state index is 11.5. The summed E-state index contributed by atoms with van der Waals surface area (Å²) in [4.78, 5) is 13.4. The Labute approximate surface area is 121 Å². The van der Waals surface area contributed by atoms with Gasteiger partial charge in [-0.2, -0.15) is 0 Å². The van der Waals surface area contributed by atoms with Gasteiger partial charge in [0.15, 0.2) is 6.10 Å². The topological polar surface area (TPSA) is 52.6 Å². The van der Waals surface area contributed by atoms with E-state index in [1.54, 1.807) is 12.1 Å². The summed E-state index contributed by atoms with van der Waals surface area (Å²) in [5.74, 6) is -0.421. The highest BCUT2D eigenvalue weighted by Gasteiger charge is 2.30. The second kappa shape index (κ2) is 4.81. The number of aliphatic hydroxyl groups excluding tert-OH is 1. The fraction of sp³-hybridized carbons (Fsp3) is 0.133. The van der Waals surface area contributed by atoms with Gasteiger partial charge in [-0.25, -0.2) is 0 Å². The van der Waals surface area contributed by atoms with Crippen LogP contribution in [0, 0.1) is 0 Å². The number of hydrogen-bond acceptors (Lipinski definition) is 3. The monoisotopic (exact) mass is 288 g/mol. The summed E-state index contributed by atoms with van der Waals surface area (Å²) in [7, 11) is 1.90. The first-order valence-electron chi connectivity index (χ1n) is 6.19. The highest BCUT2D eigenvalue weighted by atomic mass is 35.5. The zero-order chi connectivity index (χ0) is 14.3. The molecule has 0 saturated carbocycles. The maximum absolute atomic E-state index is 11.5. The summed E-state index contributed by atoms with van der Waals surface area (Å²) >= 11 is 6.27. The molecule has 0 aliphatic carbocycles. The van der Waals surface area contributed by atoms with Gasteiger partial charge in [0.05, 0.1) is 10.7 Å². The van der Waals surface area contributed by atoms with Crippen molar-refractivity contribution in [2.75, 3.05) is 17.3 Å². The van der Waals surface area contributed by atoms with E-state index in [2.05, 4.69) is 5.32 Å². The van der Waals surface area contributed by atoms with Crippen molar-refractivity contribution in [3.63, 3.8) is 0 Å². The van der Waals surface area contributed by atoms with E-state index in [9.17, 15) is 9.90 Å². The van der Waals surface area contributed by atoms with Crippen molar-refractivity contribution in [1.29, 1.82) is 0 Å². The van der Waals surface area contributed by atoms with Gasteiger partial charge in [-0.1, -0.05) is 29.8 Å². The Morgan fingerprint density at radius 2 is 1.95 bits per heavy atom. The average molecular weight is 289 g/mol. The third kappa shape index (κ3) is 2.03. The van der Waals surface area contributed by atoms with Gasteiger partial charge in [-0.3, -0.25) is 4.79 Å². The Hall–Kier alpha value is -2.04. The first kappa shape index (κ1) is 13.0. The normalized spacial score (nSPS) is 16.8. The van der Waals surface area contributed by atoms with E-state index in [0.29, 0.717) is 16.3 Å². The van der Waals surface area contributed by atoms with Crippen LogP contribution < -0.4 is 10.2 Å². The highest BCUT2D eigenvalue weighted by Crippen LogP contribution is 2.40. The minimum Gasteiger partial charge on any atom is -0.378 e. The third-order valence-electron chi connectivity index (χ3n) is 3.42. The lowest BCUT2D eigenvalue weighted by atomic mass is 10.1. The number of hydrogen-bond donors (Lipinski definition) is 2. The molecular weight excluding hydrogens is 276 g/mol. The van der Waals surface area contributed by atoms with Gasteiger partial charge in [-0.05, 0) is 24.3 Å². The molecule has 2 aromatic carbocycles. The SMILES string of the molecule is CN(c1ccccc1)c1cc2c(cc1Cl)C(O)C(=O)N2. The highest BCUT2D eigenvalue weighted by molar-refractivity contribution is 6.34. The molecule has 0 saturated heterocycles. The van der Waals surface area contributed by atoms with E-state index < -0.39 is 12.0 Å². The number of halogens is 1. The van der Waals surface area contributed by atoms with Gasteiger partial charge in [0.2, 0.25) is 0 Å². The lowest BCUT2D eigenvalue weighted by Crippen LogP contribution is -2.10. The molecule has 0 aromatic heterocycles. The summed E-state index contributed by atoms with van der Waals surface area (Å²) in [5.41, 5.74) is 2.88. The van der Waals surface area contributed by atoms with Crippen LogP contribution in [0.4, 0.5) is 17.1 Å². The molecule has 3 rings (SSSR count). The van der Waals surface area contributed by atoms with Crippen LogP contribution in [0.1, 0.15) is 11.7 Å². The number of amides is 1. The maximum Gasteiger partial charge on any atom is 0.257 e. The molecule has 1 amide bonds. The summed E-state index contributed by atoms with van der Waals surface area (Å²) < 4.78 is 0. The number of nitrogens with zero attached hydrogens (tertiary/aromatic N) is 1. The third-order valence-corrected chi connectivity index (χ3v) is 3.73. The van der Waals surface area contributed by atoms with Crippen LogP contribution in [0.3, 0.4) is 0 Å². The molecule has 0 radical (unpaired) electrons. The number of rotatable bonds is 2. The van der Waals surface area contributed by atoms with Crippen LogP contribution >= 0.6 is 11.6 Å². The number of carbonyl (C=O) groups is 1. The Kier molecular flexibility index (Phi) is 3.12. The van der Waals surface area contributed by atoms with Gasteiger partial charge in [-0.15, -0.1) is 0 Å². The molecule has 1 heterocycles. The van der Waals surface area contributed by atoms with Crippen LogP contribution in [-0.2, 0) is 4.79 Å².